The van der Waals surface area contributed by atoms with Crippen LogP contribution in [0.4, 0.5) is 23.0 Å². The first-order valence-electron chi connectivity index (χ1n) is 10.4. The van der Waals surface area contributed by atoms with Crippen molar-refractivity contribution in [3.63, 3.8) is 0 Å². The van der Waals surface area contributed by atoms with Crippen LogP contribution in [-0.4, -0.2) is 59.0 Å². The van der Waals surface area contributed by atoms with Crippen LogP contribution < -0.4 is 4.81 Å². The largest absolute Gasteiger partial charge is 0.367 e. The Hall–Kier alpha value is -3.09. The molecule has 0 fully saturated rings. The molecule has 194 valence electrons. The van der Waals surface area contributed by atoms with Crippen LogP contribution >= 0.6 is 23.5 Å². The predicted octanol–water partition coefficient (Wildman–Crippen LogP) is 4.54. The van der Waals surface area contributed by atoms with Crippen LogP contribution in [0.2, 0.25) is 0 Å². The maximum atomic E-state index is 11.1. The lowest BCUT2D eigenvalue weighted by atomic mass is 10.1. The average molecular weight is 588 g/mol. The minimum Gasteiger partial charge on any atom is -0.367 e. The molecule has 0 spiro atoms. The van der Waals surface area contributed by atoms with Crippen LogP contribution in [0.1, 0.15) is 0 Å². The molecule has 2 N–H and O–H groups in total. The number of anilines is 2. The molecule has 0 saturated carbocycles. The number of hydrogen-bond acceptors (Lipinski definition) is 12. The Morgan fingerprint density at radius 2 is 1.26 bits per heavy atom. The Morgan fingerprint density at radius 3 is 1.84 bits per heavy atom. The van der Waals surface area contributed by atoms with Crippen LogP contribution in [0, 0.1) is 0 Å². The van der Waals surface area contributed by atoms with Crippen molar-refractivity contribution in [1.82, 2.24) is 15.0 Å². The van der Waals surface area contributed by atoms with Gasteiger partial charge < -0.3 is 4.81 Å². The van der Waals surface area contributed by atoms with E-state index in [1.807, 2.05) is 42.5 Å². The molecule has 4 rings (SSSR count). The maximum absolute atomic E-state index is 11.1. The molecule has 38 heavy (non-hydrogen) atoms. The molecular weight excluding hydrogens is 571 g/mol. The molecule has 0 atom stereocenters. The molecule has 3 aromatic carbocycles. The van der Waals surface area contributed by atoms with Crippen LogP contribution in [0.15, 0.2) is 87.3 Å². The van der Waals surface area contributed by atoms with Crippen molar-refractivity contribution < 1.29 is 25.9 Å². The number of hydrogen-bond donors (Lipinski definition) is 2. The zero-order chi connectivity index (χ0) is 27.3. The summed E-state index contributed by atoms with van der Waals surface area (Å²) in [6.07, 6.45) is 0. The number of rotatable bonds is 10. The third-order valence-electron chi connectivity index (χ3n) is 4.61. The van der Waals surface area contributed by atoms with Crippen LogP contribution in [0.5, 0.6) is 0 Å². The van der Waals surface area contributed by atoms with Gasteiger partial charge in [0.2, 0.25) is 13.9 Å². The quantitative estimate of drug-likeness (QED) is 0.115. The predicted molar refractivity (Wildman–Crippen MR) is 147 cm³/mol. The number of fused-ring (bicyclic) bond motifs is 1. The fourth-order valence-electron chi connectivity index (χ4n) is 2.97. The summed E-state index contributed by atoms with van der Waals surface area (Å²) >= 11 is 1.15. The number of aromatic nitrogens is 3. The van der Waals surface area contributed by atoms with E-state index in [2.05, 4.69) is 25.2 Å². The molecule has 0 saturated heterocycles. The zero-order valence-electron chi connectivity index (χ0n) is 19.2. The Bertz CT molecular complexity index is 1650. The van der Waals surface area contributed by atoms with Crippen LogP contribution in [-0.2, 0) is 20.2 Å². The summed E-state index contributed by atoms with van der Waals surface area (Å²) in [7, 11) is -2.52. The lowest BCUT2D eigenvalue weighted by Crippen LogP contribution is -2.17. The highest BCUT2D eigenvalue weighted by Gasteiger charge is 2.16. The molecule has 0 unspecified atom stereocenters. The number of thioether (sulfide) groups is 2. The minimum absolute atomic E-state index is 0.137. The molecule has 0 aliphatic carbocycles. The van der Waals surface area contributed by atoms with Gasteiger partial charge in [0.25, 0.3) is 20.2 Å². The van der Waals surface area contributed by atoms with E-state index in [0.717, 1.165) is 15.6 Å². The number of benzene rings is 3. The molecule has 0 bridgehead atoms. The molecule has 12 nitrogen and oxygen atoms in total. The second-order valence-corrected chi connectivity index (χ2v) is 13.0. The van der Waals surface area contributed by atoms with Crippen molar-refractivity contribution in [2.45, 2.75) is 10.3 Å². The molecule has 4 aromatic rings. The molecule has 0 aliphatic heterocycles. The third-order valence-corrected chi connectivity index (χ3v) is 8.82. The van der Waals surface area contributed by atoms with Gasteiger partial charge in [-0.1, -0.05) is 53.9 Å². The van der Waals surface area contributed by atoms with Gasteiger partial charge in [-0.15, -0.1) is 0 Å². The van der Waals surface area contributed by atoms with Crippen molar-refractivity contribution in [3.8, 4) is 0 Å². The molecule has 17 heteroatoms. The Morgan fingerprint density at radius 1 is 0.737 bits per heavy atom. The highest BCUT2D eigenvalue weighted by atomic mass is 32.3. The summed E-state index contributed by atoms with van der Waals surface area (Å²) < 4.78 is 62.5. The summed E-state index contributed by atoms with van der Waals surface area (Å²) in [5, 5.41) is 8.86. The van der Waals surface area contributed by atoms with E-state index >= 15 is 0 Å². The zero-order valence-corrected chi connectivity index (χ0v) is 22.5. The van der Waals surface area contributed by atoms with E-state index in [4.69, 9.17) is 17.1 Å². The maximum Gasteiger partial charge on any atom is 0.274 e. The summed E-state index contributed by atoms with van der Waals surface area (Å²) in [6.45, 7) is 0. The SMILES string of the molecule is [B]N(c1ccc(N=Nc2ccc3ccccc3c2)cc1)c1nc(SCS(=O)(=O)O)nc(SCS(=O)(=O)O)n1. The lowest BCUT2D eigenvalue weighted by molar-refractivity contribution is 0.486. The smallest absolute Gasteiger partial charge is 0.274 e. The fraction of sp³-hybridized carbons (Fsp3) is 0.0952. The minimum atomic E-state index is -4.34. The monoisotopic (exact) mass is 588 g/mol. The van der Waals surface area contributed by atoms with E-state index < -0.39 is 30.4 Å². The second kappa shape index (κ2) is 11.8. The lowest BCUT2D eigenvalue weighted by Gasteiger charge is -2.19. The van der Waals surface area contributed by atoms with Crippen molar-refractivity contribution in [2.75, 3.05) is 15.0 Å². The molecule has 1 heterocycles. The highest BCUT2D eigenvalue weighted by Crippen LogP contribution is 2.28. The normalized spacial score (nSPS) is 12.3. The van der Waals surface area contributed by atoms with Gasteiger partial charge in [-0.3, -0.25) is 9.11 Å². The first kappa shape index (κ1) is 27.9. The average Bonchev–Trinajstić information content (AvgIpc) is 2.88. The van der Waals surface area contributed by atoms with E-state index in [1.165, 1.54) is 0 Å². The van der Waals surface area contributed by atoms with Crippen LogP contribution in [0.3, 0.4) is 0 Å². The van der Waals surface area contributed by atoms with E-state index in [1.54, 1.807) is 24.3 Å². The summed E-state index contributed by atoms with van der Waals surface area (Å²) in [6, 6.07) is 20.2. The molecule has 0 amide bonds. The van der Waals surface area contributed by atoms with Gasteiger partial charge in [-0.25, -0.2) is 0 Å². The van der Waals surface area contributed by atoms with Gasteiger partial charge in [-0.2, -0.15) is 42.0 Å². The fourth-order valence-corrected chi connectivity index (χ4v) is 5.66. The van der Waals surface area contributed by atoms with E-state index in [-0.39, 0.29) is 16.3 Å². The first-order valence-corrected chi connectivity index (χ1v) is 15.6. The van der Waals surface area contributed by atoms with E-state index in [0.29, 0.717) is 40.6 Å². The first-order chi connectivity index (χ1) is 17.9. The Kier molecular flexibility index (Phi) is 8.64. The van der Waals surface area contributed by atoms with Gasteiger partial charge in [0, 0.05) is 5.69 Å². The van der Waals surface area contributed by atoms with Crippen molar-refractivity contribution in [3.05, 3.63) is 66.7 Å². The molecular formula is C21H17BN6O6S4. The Labute approximate surface area is 228 Å². The van der Waals surface area contributed by atoms with Crippen LogP contribution in [0.25, 0.3) is 10.8 Å². The summed E-state index contributed by atoms with van der Waals surface area (Å²) in [5.74, 6) is -0.138. The number of nitrogens with zero attached hydrogens (tertiary/aromatic N) is 6. The van der Waals surface area contributed by atoms with Gasteiger partial charge in [-0.05, 0) is 47.2 Å². The molecule has 2 radical (unpaired) electrons. The van der Waals surface area contributed by atoms with E-state index in [9.17, 15) is 16.8 Å². The van der Waals surface area contributed by atoms with Gasteiger partial charge in [0.1, 0.15) is 10.2 Å². The standard InChI is InChI=1S/C21H17BN6O6S4/c22-28(19-23-20(35-12-37(29,30)31)25-21(24-19)36-13-38(32,33)34)18-9-7-16(8-10-18)26-27-17-6-5-14-3-1-2-4-15(14)11-17/h1-11H,12-13H2,(H,29,30,31)(H,32,33,34). The Balaban J connectivity index is 1.54. The van der Waals surface area contributed by atoms with Gasteiger partial charge in [0.05, 0.1) is 11.4 Å². The summed E-state index contributed by atoms with van der Waals surface area (Å²) in [5.41, 5.74) is 1.64. The number of azo groups is 1. The topological polar surface area (TPSA) is 175 Å². The summed E-state index contributed by atoms with van der Waals surface area (Å²) in [4.78, 5) is 13.2. The van der Waals surface area contributed by atoms with Gasteiger partial charge in [0.15, 0.2) is 10.3 Å². The highest BCUT2D eigenvalue weighted by molar-refractivity contribution is 8.11. The second-order valence-electron chi connectivity index (χ2n) is 7.51. The van der Waals surface area contributed by atoms with Crippen molar-refractivity contribution in [1.29, 1.82) is 0 Å². The molecule has 1 aromatic heterocycles. The third kappa shape index (κ3) is 8.21. The van der Waals surface area contributed by atoms with Crippen molar-refractivity contribution in [2.24, 2.45) is 10.2 Å². The van der Waals surface area contributed by atoms with Crippen molar-refractivity contribution >= 4 is 85.5 Å². The molecule has 0 aliphatic rings. The van der Waals surface area contributed by atoms with Gasteiger partial charge >= 0.3 is 0 Å².